The normalized spacial score (nSPS) is 21.1. The number of nitriles is 1. The monoisotopic (exact) mass is 402 g/mol. The number of hydrogen-bond acceptors (Lipinski definition) is 7. The van der Waals surface area contributed by atoms with Crippen molar-refractivity contribution in [3.63, 3.8) is 0 Å². The average molecular weight is 403 g/mol. The van der Waals surface area contributed by atoms with Crippen LogP contribution < -0.4 is 5.32 Å². The standard InChI is InChI=1S/C19H22N4O2S2/c1-11-3-6-14-12(7-11)8-15(27-14)17-22-23-18(25-17)26-9-16(24)21-19(2,10-20)13-4-5-13/h8,11,13H,3-7,9H2,1-2H3,(H,21,24)/t11-,19+/m1/s1. The van der Waals surface area contributed by atoms with Gasteiger partial charge in [0.15, 0.2) is 0 Å². The Morgan fingerprint density at radius 1 is 1.48 bits per heavy atom. The third-order valence-electron chi connectivity index (χ3n) is 5.30. The van der Waals surface area contributed by atoms with Crippen LogP contribution in [0.3, 0.4) is 0 Å². The predicted octanol–water partition coefficient (Wildman–Crippen LogP) is 3.82. The molecular weight excluding hydrogens is 380 g/mol. The first kappa shape index (κ1) is 18.5. The van der Waals surface area contributed by atoms with E-state index in [-0.39, 0.29) is 17.6 Å². The molecule has 0 spiro atoms. The fraction of sp³-hybridized carbons (Fsp3) is 0.579. The van der Waals surface area contributed by atoms with Gasteiger partial charge in [0.25, 0.3) is 11.1 Å². The quantitative estimate of drug-likeness (QED) is 0.739. The predicted molar refractivity (Wildman–Crippen MR) is 104 cm³/mol. The highest BCUT2D eigenvalue weighted by atomic mass is 32.2. The Balaban J connectivity index is 1.36. The van der Waals surface area contributed by atoms with Gasteiger partial charge in [0, 0.05) is 4.88 Å². The average Bonchev–Trinajstić information content (AvgIpc) is 3.26. The summed E-state index contributed by atoms with van der Waals surface area (Å²) in [6.07, 6.45) is 5.45. The molecule has 1 fully saturated rings. The molecule has 2 heterocycles. The molecule has 2 aromatic heterocycles. The molecule has 0 saturated heterocycles. The third-order valence-corrected chi connectivity index (χ3v) is 7.34. The van der Waals surface area contributed by atoms with E-state index in [1.165, 1.54) is 28.6 Å². The summed E-state index contributed by atoms with van der Waals surface area (Å²) in [4.78, 5) is 14.6. The molecule has 8 heteroatoms. The van der Waals surface area contributed by atoms with Crippen molar-refractivity contribution in [1.29, 1.82) is 5.26 Å². The molecule has 0 aliphatic heterocycles. The molecule has 0 aromatic carbocycles. The zero-order valence-corrected chi connectivity index (χ0v) is 17.1. The molecule has 2 atom stereocenters. The van der Waals surface area contributed by atoms with E-state index in [1.54, 1.807) is 18.3 Å². The Bertz CT molecular complexity index is 896. The number of nitrogens with one attached hydrogen (secondary N) is 1. The van der Waals surface area contributed by atoms with E-state index in [9.17, 15) is 10.1 Å². The lowest BCUT2D eigenvalue weighted by Crippen LogP contribution is -2.47. The fourth-order valence-electron chi connectivity index (χ4n) is 3.51. The highest BCUT2D eigenvalue weighted by Gasteiger charge is 2.43. The first-order chi connectivity index (χ1) is 13.0. The SMILES string of the molecule is C[C@@H]1CCc2sc(-c3nnc(SCC(=O)N[C@@](C)(C#N)C4CC4)o3)cc2C1. The van der Waals surface area contributed by atoms with Crippen molar-refractivity contribution >= 4 is 29.0 Å². The van der Waals surface area contributed by atoms with Crippen molar-refractivity contribution in [1.82, 2.24) is 15.5 Å². The highest BCUT2D eigenvalue weighted by Crippen LogP contribution is 2.39. The second-order valence-corrected chi connectivity index (χ2v) is 9.77. The molecule has 4 rings (SSSR count). The number of amides is 1. The van der Waals surface area contributed by atoms with E-state index in [2.05, 4.69) is 34.6 Å². The van der Waals surface area contributed by atoms with Gasteiger partial charge in [0.1, 0.15) is 5.54 Å². The van der Waals surface area contributed by atoms with Crippen LogP contribution in [0, 0.1) is 23.2 Å². The van der Waals surface area contributed by atoms with Crippen LogP contribution in [0.15, 0.2) is 15.7 Å². The number of aryl methyl sites for hydroxylation is 1. The molecule has 1 amide bonds. The Morgan fingerprint density at radius 2 is 2.30 bits per heavy atom. The van der Waals surface area contributed by atoms with E-state index in [4.69, 9.17) is 4.42 Å². The Morgan fingerprint density at radius 3 is 3.04 bits per heavy atom. The largest absolute Gasteiger partial charge is 0.410 e. The number of carbonyl (C=O) groups excluding carboxylic acids is 1. The molecular formula is C19H22N4O2S2. The van der Waals surface area contributed by atoms with Crippen LogP contribution in [0.2, 0.25) is 0 Å². The maximum Gasteiger partial charge on any atom is 0.277 e. The number of hydrogen-bond donors (Lipinski definition) is 1. The minimum Gasteiger partial charge on any atom is -0.410 e. The van der Waals surface area contributed by atoms with Gasteiger partial charge in [-0.05, 0) is 62.5 Å². The first-order valence-corrected chi connectivity index (χ1v) is 11.1. The Labute approximate surface area is 166 Å². The lowest BCUT2D eigenvalue weighted by atomic mass is 9.90. The number of nitrogens with zero attached hydrogens (tertiary/aromatic N) is 3. The molecule has 0 bridgehead atoms. The molecule has 1 saturated carbocycles. The van der Waals surface area contributed by atoms with Crippen molar-refractivity contribution in [3.8, 4) is 16.8 Å². The van der Waals surface area contributed by atoms with Gasteiger partial charge in [0.05, 0.1) is 16.7 Å². The lowest BCUT2D eigenvalue weighted by molar-refractivity contribution is -0.119. The fourth-order valence-corrected chi connectivity index (χ4v) is 5.21. The van der Waals surface area contributed by atoms with Crippen LogP contribution in [-0.2, 0) is 17.6 Å². The summed E-state index contributed by atoms with van der Waals surface area (Å²) >= 11 is 2.93. The van der Waals surface area contributed by atoms with Crippen LogP contribution in [-0.4, -0.2) is 27.4 Å². The van der Waals surface area contributed by atoms with E-state index in [0.717, 1.165) is 36.5 Å². The maximum absolute atomic E-state index is 12.2. The van der Waals surface area contributed by atoms with Crippen LogP contribution in [0.1, 0.15) is 43.6 Å². The van der Waals surface area contributed by atoms with Gasteiger partial charge in [-0.15, -0.1) is 21.5 Å². The highest BCUT2D eigenvalue weighted by molar-refractivity contribution is 7.99. The summed E-state index contributed by atoms with van der Waals surface area (Å²) in [6, 6.07) is 4.40. The van der Waals surface area contributed by atoms with E-state index in [0.29, 0.717) is 11.1 Å². The van der Waals surface area contributed by atoms with Gasteiger partial charge in [0.2, 0.25) is 5.91 Å². The molecule has 27 heavy (non-hydrogen) atoms. The molecule has 0 radical (unpaired) electrons. The second-order valence-electron chi connectivity index (χ2n) is 7.71. The van der Waals surface area contributed by atoms with Gasteiger partial charge in [-0.2, -0.15) is 5.26 Å². The molecule has 2 aromatic rings. The van der Waals surface area contributed by atoms with Gasteiger partial charge in [-0.25, -0.2) is 0 Å². The van der Waals surface area contributed by atoms with Crippen LogP contribution in [0.5, 0.6) is 0 Å². The minimum absolute atomic E-state index is 0.157. The zero-order valence-electron chi connectivity index (χ0n) is 15.4. The molecule has 142 valence electrons. The number of aromatic nitrogens is 2. The first-order valence-electron chi connectivity index (χ1n) is 9.27. The summed E-state index contributed by atoms with van der Waals surface area (Å²) in [5.74, 6) is 1.48. The maximum atomic E-state index is 12.2. The topological polar surface area (TPSA) is 91.8 Å². The van der Waals surface area contributed by atoms with Crippen molar-refractivity contribution in [2.75, 3.05) is 5.75 Å². The summed E-state index contributed by atoms with van der Waals surface area (Å²) in [7, 11) is 0. The molecule has 2 aliphatic rings. The van der Waals surface area contributed by atoms with Crippen LogP contribution in [0.25, 0.3) is 10.8 Å². The van der Waals surface area contributed by atoms with Crippen molar-refractivity contribution < 1.29 is 9.21 Å². The lowest BCUT2D eigenvalue weighted by Gasteiger charge is -2.22. The number of rotatable bonds is 6. The van der Waals surface area contributed by atoms with E-state index in [1.807, 2.05) is 0 Å². The van der Waals surface area contributed by atoms with E-state index >= 15 is 0 Å². The van der Waals surface area contributed by atoms with Gasteiger partial charge in [-0.3, -0.25) is 4.79 Å². The summed E-state index contributed by atoms with van der Waals surface area (Å²) < 4.78 is 5.75. The second kappa shape index (κ2) is 7.28. The summed E-state index contributed by atoms with van der Waals surface area (Å²) in [5, 5.41) is 20.8. The van der Waals surface area contributed by atoms with Gasteiger partial charge < -0.3 is 9.73 Å². The molecule has 2 aliphatic carbocycles. The van der Waals surface area contributed by atoms with Crippen molar-refractivity contribution in [3.05, 3.63) is 16.5 Å². The molecule has 1 N–H and O–H groups in total. The number of thioether (sulfide) groups is 1. The van der Waals surface area contributed by atoms with Crippen molar-refractivity contribution in [2.24, 2.45) is 11.8 Å². The number of fused-ring (bicyclic) bond motifs is 1. The minimum atomic E-state index is -0.773. The van der Waals surface area contributed by atoms with E-state index < -0.39 is 5.54 Å². The Kier molecular flexibility index (Phi) is 4.99. The number of thiophene rings is 1. The third kappa shape index (κ3) is 4.04. The summed E-state index contributed by atoms with van der Waals surface area (Å²) in [6.45, 7) is 4.07. The number of carbonyl (C=O) groups is 1. The molecule has 6 nitrogen and oxygen atoms in total. The van der Waals surface area contributed by atoms with Gasteiger partial charge in [-0.1, -0.05) is 18.7 Å². The smallest absolute Gasteiger partial charge is 0.277 e. The molecule has 0 unspecified atom stereocenters. The summed E-state index contributed by atoms with van der Waals surface area (Å²) in [5.41, 5.74) is 0.626. The van der Waals surface area contributed by atoms with Gasteiger partial charge >= 0.3 is 0 Å². The Hall–Kier alpha value is -1.85. The van der Waals surface area contributed by atoms with Crippen LogP contribution in [0.4, 0.5) is 0 Å². The van der Waals surface area contributed by atoms with Crippen LogP contribution >= 0.6 is 23.1 Å². The zero-order chi connectivity index (χ0) is 19.0. The van der Waals surface area contributed by atoms with Crippen molar-refractivity contribution in [2.45, 2.75) is 56.7 Å².